The van der Waals surface area contributed by atoms with Crippen LogP contribution >= 0.6 is 0 Å². The third kappa shape index (κ3) is 3.88. The molecule has 0 N–H and O–H groups in total. The summed E-state index contributed by atoms with van der Waals surface area (Å²) in [6.07, 6.45) is 3.95. The average molecular weight is 113 g/mol. The molecule has 0 aliphatic carbocycles. The largest absolute Gasteiger partial charge is 0.232 e. The maximum atomic E-state index is 9.94. The first-order valence-electron chi connectivity index (χ1n) is 3.05. The Kier molecular flexibility index (Phi) is 4.67. The first-order chi connectivity index (χ1) is 3.81. The van der Waals surface area contributed by atoms with Crippen LogP contribution in [0.4, 0.5) is 0 Å². The zero-order valence-corrected chi connectivity index (χ0v) is 5.61. The first-order valence-corrected chi connectivity index (χ1v) is 3.05. The molecule has 1 nitrogen and oxygen atoms in total. The molecule has 0 aromatic heterocycles. The van der Waals surface area contributed by atoms with E-state index in [0.29, 0.717) is 0 Å². The number of hydrogen-bond donors (Lipinski definition) is 0. The summed E-state index contributed by atoms with van der Waals surface area (Å²) in [5.74, 6) is 0. The first kappa shape index (κ1) is 7.70. The highest BCUT2D eigenvalue weighted by molar-refractivity contribution is 4.96. The molecule has 0 unspecified atom stereocenters. The predicted octanol–water partition coefficient (Wildman–Crippen LogP) is 2.16. The van der Waals surface area contributed by atoms with Crippen LogP contribution in [-0.4, -0.2) is 6.61 Å². The molecule has 0 atom stereocenters. The molecule has 1 heteroatoms. The number of allylic oxidation sites excluding steroid dienone is 1. The summed E-state index contributed by atoms with van der Waals surface area (Å²) in [5.41, 5.74) is 1.22. The second kappa shape index (κ2) is 4.85. The number of hydrogen-bond acceptors (Lipinski definition) is 0. The minimum Gasteiger partial charge on any atom is -0.232 e. The van der Waals surface area contributed by atoms with E-state index >= 15 is 0 Å². The van der Waals surface area contributed by atoms with Crippen LogP contribution in [0.15, 0.2) is 11.6 Å². The third-order valence-corrected chi connectivity index (χ3v) is 1.08. The lowest BCUT2D eigenvalue weighted by atomic mass is 10.2. The second-order valence-electron chi connectivity index (χ2n) is 1.97. The van der Waals surface area contributed by atoms with Gasteiger partial charge >= 0.3 is 0 Å². The van der Waals surface area contributed by atoms with Gasteiger partial charge in [-0.2, -0.15) is 0 Å². The van der Waals surface area contributed by atoms with E-state index in [-0.39, 0.29) is 6.61 Å². The topological polar surface area (TPSA) is 19.9 Å². The van der Waals surface area contributed by atoms with E-state index in [1.54, 1.807) is 6.08 Å². The molecule has 0 saturated carbocycles. The Bertz CT molecular complexity index is 74.5. The summed E-state index contributed by atoms with van der Waals surface area (Å²) in [6.45, 7) is 4.05. The molecule has 0 aliphatic rings. The van der Waals surface area contributed by atoms with Gasteiger partial charge in [0, 0.05) is 0 Å². The fraction of sp³-hybridized carbons (Fsp3) is 0.714. The van der Waals surface area contributed by atoms with E-state index in [1.807, 2.05) is 6.92 Å². The van der Waals surface area contributed by atoms with E-state index in [0.717, 1.165) is 12.8 Å². The van der Waals surface area contributed by atoms with Crippen LogP contribution in [0, 0.1) is 0 Å². The standard InChI is InChI=1S/C7H13O/c1-3-4-7(2)5-6-8/h5H,3-4,6H2,1-2H3. The quantitative estimate of drug-likeness (QED) is 0.500. The lowest BCUT2D eigenvalue weighted by molar-refractivity contribution is 0.231. The van der Waals surface area contributed by atoms with Gasteiger partial charge in [-0.1, -0.05) is 25.0 Å². The third-order valence-electron chi connectivity index (χ3n) is 1.08. The van der Waals surface area contributed by atoms with Gasteiger partial charge in [0.1, 0.15) is 6.61 Å². The number of rotatable bonds is 3. The molecule has 0 aliphatic heterocycles. The molecular weight excluding hydrogens is 100 g/mol. The summed E-state index contributed by atoms with van der Waals surface area (Å²) < 4.78 is 0. The monoisotopic (exact) mass is 113 g/mol. The molecule has 0 aromatic carbocycles. The van der Waals surface area contributed by atoms with Crippen LogP contribution in [0.2, 0.25) is 0 Å². The molecule has 0 rings (SSSR count). The van der Waals surface area contributed by atoms with Crippen molar-refractivity contribution in [2.24, 2.45) is 0 Å². The molecule has 0 saturated heterocycles. The Hall–Kier alpha value is -0.300. The molecule has 0 aromatic rings. The van der Waals surface area contributed by atoms with Gasteiger partial charge in [0.25, 0.3) is 0 Å². The van der Waals surface area contributed by atoms with Gasteiger partial charge in [0.2, 0.25) is 0 Å². The smallest absolute Gasteiger partial charge is 0.101 e. The van der Waals surface area contributed by atoms with Crippen molar-refractivity contribution in [2.45, 2.75) is 26.7 Å². The SMILES string of the molecule is CCCC(C)=CC[O]. The molecule has 0 fully saturated rings. The Balaban J connectivity index is 3.29. The summed E-state index contributed by atoms with van der Waals surface area (Å²) in [7, 11) is 0. The Morgan fingerprint density at radius 1 is 1.62 bits per heavy atom. The van der Waals surface area contributed by atoms with Gasteiger partial charge in [-0.15, -0.1) is 0 Å². The van der Waals surface area contributed by atoms with Crippen molar-refractivity contribution in [3.8, 4) is 0 Å². The summed E-state index contributed by atoms with van der Waals surface area (Å²) in [4.78, 5) is 0. The normalized spacial score (nSPS) is 12.1. The van der Waals surface area contributed by atoms with Gasteiger partial charge in [0.15, 0.2) is 0 Å². The van der Waals surface area contributed by atoms with Crippen molar-refractivity contribution in [3.63, 3.8) is 0 Å². The zero-order chi connectivity index (χ0) is 6.41. The predicted molar refractivity (Wildman–Crippen MR) is 34.2 cm³/mol. The summed E-state index contributed by atoms with van der Waals surface area (Å²) >= 11 is 0. The maximum absolute atomic E-state index is 9.94. The van der Waals surface area contributed by atoms with Gasteiger partial charge < -0.3 is 0 Å². The molecular formula is C7H13O. The van der Waals surface area contributed by atoms with Crippen molar-refractivity contribution < 1.29 is 5.11 Å². The van der Waals surface area contributed by atoms with Crippen molar-refractivity contribution in [1.82, 2.24) is 0 Å². The Labute approximate surface area is 51.0 Å². The van der Waals surface area contributed by atoms with E-state index < -0.39 is 0 Å². The van der Waals surface area contributed by atoms with Crippen LogP contribution in [0.3, 0.4) is 0 Å². The molecule has 1 radical (unpaired) electrons. The maximum Gasteiger partial charge on any atom is 0.101 e. The molecule has 0 spiro atoms. The summed E-state index contributed by atoms with van der Waals surface area (Å²) in [6, 6.07) is 0. The minimum absolute atomic E-state index is 0.0637. The van der Waals surface area contributed by atoms with E-state index in [4.69, 9.17) is 0 Å². The van der Waals surface area contributed by atoms with Crippen LogP contribution in [0.25, 0.3) is 0 Å². The Morgan fingerprint density at radius 3 is 2.62 bits per heavy atom. The van der Waals surface area contributed by atoms with Crippen LogP contribution in [0.1, 0.15) is 26.7 Å². The molecule has 0 heterocycles. The van der Waals surface area contributed by atoms with E-state index in [9.17, 15) is 5.11 Å². The average Bonchev–Trinajstić information content (AvgIpc) is 1.68. The van der Waals surface area contributed by atoms with Crippen LogP contribution in [-0.2, 0) is 5.11 Å². The highest BCUT2D eigenvalue weighted by Crippen LogP contribution is 2.00. The van der Waals surface area contributed by atoms with E-state index in [1.165, 1.54) is 5.57 Å². The van der Waals surface area contributed by atoms with Gasteiger partial charge in [0.05, 0.1) is 0 Å². The Morgan fingerprint density at radius 2 is 2.25 bits per heavy atom. The fourth-order valence-electron chi connectivity index (χ4n) is 0.639. The van der Waals surface area contributed by atoms with Crippen LogP contribution < -0.4 is 0 Å². The molecule has 47 valence electrons. The lowest BCUT2D eigenvalue weighted by Gasteiger charge is -1.92. The van der Waals surface area contributed by atoms with Crippen molar-refractivity contribution in [2.75, 3.05) is 6.61 Å². The van der Waals surface area contributed by atoms with Gasteiger partial charge in [-0.3, -0.25) is 0 Å². The van der Waals surface area contributed by atoms with Crippen LogP contribution in [0.5, 0.6) is 0 Å². The highest BCUT2D eigenvalue weighted by atomic mass is 16.2. The second-order valence-corrected chi connectivity index (χ2v) is 1.97. The highest BCUT2D eigenvalue weighted by Gasteiger charge is 1.83. The van der Waals surface area contributed by atoms with E-state index in [2.05, 4.69) is 6.92 Å². The molecule has 0 bridgehead atoms. The van der Waals surface area contributed by atoms with Crippen molar-refractivity contribution >= 4 is 0 Å². The lowest BCUT2D eigenvalue weighted by Crippen LogP contribution is -1.77. The molecule has 8 heavy (non-hydrogen) atoms. The van der Waals surface area contributed by atoms with Gasteiger partial charge in [-0.25, -0.2) is 5.11 Å². The minimum atomic E-state index is -0.0637. The summed E-state index contributed by atoms with van der Waals surface area (Å²) in [5, 5.41) is 9.94. The zero-order valence-electron chi connectivity index (χ0n) is 5.61. The van der Waals surface area contributed by atoms with Gasteiger partial charge in [-0.05, 0) is 13.3 Å². The van der Waals surface area contributed by atoms with Crippen molar-refractivity contribution in [3.05, 3.63) is 11.6 Å². The van der Waals surface area contributed by atoms with Crippen molar-refractivity contribution in [1.29, 1.82) is 0 Å². The fourth-order valence-corrected chi connectivity index (χ4v) is 0.639. The molecule has 0 amide bonds.